The lowest BCUT2D eigenvalue weighted by molar-refractivity contribution is 0.222. The molecule has 24 heavy (non-hydrogen) atoms. The maximum atomic E-state index is 11.8. The molecule has 3 rings (SSSR count). The van der Waals surface area contributed by atoms with Gasteiger partial charge in [-0.25, -0.2) is 4.98 Å². The molecule has 0 spiro atoms. The molecule has 3 aromatic rings. The van der Waals surface area contributed by atoms with Crippen molar-refractivity contribution in [3.63, 3.8) is 0 Å². The van der Waals surface area contributed by atoms with E-state index >= 15 is 0 Å². The van der Waals surface area contributed by atoms with E-state index in [1.54, 1.807) is 37.8 Å². The van der Waals surface area contributed by atoms with E-state index in [1.165, 1.54) is 4.57 Å². The molecule has 122 valence electrons. The average Bonchev–Trinajstić information content (AvgIpc) is 2.60. The number of pyridine rings is 3. The van der Waals surface area contributed by atoms with E-state index in [0.717, 1.165) is 16.8 Å². The fourth-order valence-electron chi connectivity index (χ4n) is 2.30. The number of anilines is 1. The molecule has 3 heterocycles. The third-order valence-electron chi connectivity index (χ3n) is 3.73. The van der Waals surface area contributed by atoms with Gasteiger partial charge in [-0.2, -0.15) is 0 Å². The summed E-state index contributed by atoms with van der Waals surface area (Å²) in [5.74, 6) is 0.761. The number of nitrogen functional groups attached to an aromatic ring is 1. The van der Waals surface area contributed by atoms with Crippen molar-refractivity contribution in [1.29, 1.82) is 0 Å². The van der Waals surface area contributed by atoms with Gasteiger partial charge in [-0.3, -0.25) is 9.78 Å². The highest BCUT2D eigenvalue weighted by molar-refractivity contribution is 5.66. The van der Waals surface area contributed by atoms with Crippen LogP contribution in [0, 0.1) is 0 Å². The van der Waals surface area contributed by atoms with Crippen LogP contribution in [0.5, 0.6) is 5.75 Å². The van der Waals surface area contributed by atoms with Crippen LogP contribution in [0.2, 0.25) is 0 Å². The molecule has 2 N–H and O–H groups in total. The molecule has 6 heteroatoms. The van der Waals surface area contributed by atoms with Gasteiger partial charge in [0.15, 0.2) is 11.6 Å². The highest BCUT2D eigenvalue weighted by Gasteiger charge is 2.12. The molecule has 1 atom stereocenters. The normalized spacial score (nSPS) is 11.9. The Balaban J connectivity index is 1.91. The van der Waals surface area contributed by atoms with Crippen LogP contribution >= 0.6 is 0 Å². The molecule has 0 aliphatic carbocycles. The summed E-state index contributed by atoms with van der Waals surface area (Å²) in [6, 6.07) is 10.8. The van der Waals surface area contributed by atoms with E-state index in [9.17, 15) is 4.79 Å². The summed E-state index contributed by atoms with van der Waals surface area (Å²) in [5.41, 5.74) is 8.17. The Bertz CT molecular complexity index is 906. The summed E-state index contributed by atoms with van der Waals surface area (Å²) < 4.78 is 7.42. The van der Waals surface area contributed by atoms with Crippen molar-refractivity contribution >= 4 is 5.82 Å². The fraction of sp³-hybridized carbons (Fsp3) is 0.167. The van der Waals surface area contributed by atoms with Crippen LogP contribution in [0.3, 0.4) is 0 Å². The Labute approximate surface area is 139 Å². The first kappa shape index (κ1) is 15.7. The molecule has 0 aliphatic heterocycles. The minimum atomic E-state index is -0.269. The number of aryl methyl sites for hydroxylation is 1. The molecule has 0 saturated carbocycles. The first-order chi connectivity index (χ1) is 11.5. The lowest BCUT2D eigenvalue weighted by Crippen LogP contribution is -2.14. The fourth-order valence-corrected chi connectivity index (χ4v) is 2.30. The average molecular weight is 322 g/mol. The molecule has 0 saturated heterocycles. The van der Waals surface area contributed by atoms with Crippen LogP contribution in [0.1, 0.15) is 18.7 Å². The first-order valence-corrected chi connectivity index (χ1v) is 7.55. The predicted molar refractivity (Wildman–Crippen MR) is 92.6 cm³/mol. The van der Waals surface area contributed by atoms with Gasteiger partial charge in [0.05, 0.1) is 5.69 Å². The third-order valence-corrected chi connectivity index (χ3v) is 3.73. The second kappa shape index (κ2) is 6.54. The minimum absolute atomic E-state index is 0.0892. The van der Waals surface area contributed by atoms with Crippen LogP contribution in [0.25, 0.3) is 11.1 Å². The van der Waals surface area contributed by atoms with Gasteiger partial charge in [-0.15, -0.1) is 0 Å². The van der Waals surface area contributed by atoms with Gasteiger partial charge in [0.2, 0.25) is 0 Å². The molecule has 0 fully saturated rings. The van der Waals surface area contributed by atoms with Gasteiger partial charge in [0.1, 0.15) is 6.10 Å². The van der Waals surface area contributed by atoms with E-state index < -0.39 is 0 Å². The quantitative estimate of drug-likeness (QED) is 0.798. The molecule has 6 nitrogen and oxygen atoms in total. The van der Waals surface area contributed by atoms with Crippen molar-refractivity contribution in [2.24, 2.45) is 7.05 Å². The Morgan fingerprint density at radius 1 is 1.17 bits per heavy atom. The molecule has 0 bridgehead atoms. The Morgan fingerprint density at radius 2 is 2.00 bits per heavy atom. The zero-order chi connectivity index (χ0) is 17.1. The largest absolute Gasteiger partial charge is 0.481 e. The van der Waals surface area contributed by atoms with Gasteiger partial charge in [0, 0.05) is 37.3 Å². The zero-order valence-electron chi connectivity index (χ0n) is 13.5. The van der Waals surface area contributed by atoms with Gasteiger partial charge < -0.3 is 15.0 Å². The second-order valence-electron chi connectivity index (χ2n) is 5.49. The minimum Gasteiger partial charge on any atom is -0.481 e. The summed E-state index contributed by atoms with van der Waals surface area (Å²) in [7, 11) is 1.70. The maximum absolute atomic E-state index is 11.8. The van der Waals surface area contributed by atoms with Crippen molar-refractivity contribution in [3.8, 4) is 16.9 Å². The first-order valence-electron chi connectivity index (χ1n) is 7.55. The Hall–Kier alpha value is -3.15. The monoisotopic (exact) mass is 322 g/mol. The highest BCUT2D eigenvalue weighted by Crippen LogP contribution is 2.29. The highest BCUT2D eigenvalue weighted by atomic mass is 16.5. The lowest BCUT2D eigenvalue weighted by Gasteiger charge is -2.16. The Morgan fingerprint density at radius 3 is 2.71 bits per heavy atom. The van der Waals surface area contributed by atoms with Crippen LogP contribution in [-0.4, -0.2) is 14.5 Å². The van der Waals surface area contributed by atoms with E-state index in [2.05, 4.69) is 9.97 Å². The number of hydrogen-bond donors (Lipinski definition) is 1. The molecule has 3 aromatic heterocycles. The standard InChI is InChI=1S/C18H18N4O2/c1-12(15-5-3-4-7-20-15)24-16-9-14(11-21-18(16)19)13-6-8-22(2)17(23)10-13/h3-12H,1-2H3,(H2,19,21). The predicted octanol–water partition coefficient (Wildman–Crippen LogP) is 2.56. The van der Waals surface area contributed by atoms with Crippen LogP contribution in [0.4, 0.5) is 5.82 Å². The number of hydrogen-bond acceptors (Lipinski definition) is 5. The number of ether oxygens (including phenoxy) is 1. The number of nitrogens with zero attached hydrogens (tertiary/aromatic N) is 3. The van der Waals surface area contributed by atoms with E-state index in [-0.39, 0.29) is 11.7 Å². The van der Waals surface area contributed by atoms with Crippen LogP contribution in [-0.2, 0) is 7.05 Å². The van der Waals surface area contributed by atoms with Gasteiger partial charge in [-0.1, -0.05) is 6.07 Å². The molecular weight excluding hydrogens is 304 g/mol. The zero-order valence-corrected chi connectivity index (χ0v) is 13.5. The van der Waals surface area contributed by atoms with Crippen LogP contribution in [0.15, 0.2) is 59.8 Å². The number of rotatable bonds is 4. The molecule has 1 unspecified atom stereocenters. The SMILES string of the molecule is CC(Oc1cc(-c2ccn(C)c(=O)c2)cnc1N)c1ccccn1. The topological polar surface area (TPSA) is 83.0 Å². The van der Waals surface area contributed by atoms with Crippen molar-refractivity contribution in [2.75, 3.05) is 5.73 Å². The smallest absolute Gasteiger partial charge is 0.250 e. The number of aromatic nitrogens is 3. The molecule has 0 aliphatic rings. The summed E-state index contributed by atoms with van der Waals surface area (Å²) in [6.45, 7) is 1.90. The van der Waals surface area contributed by atoms with Crippen LogP contribution < -0.4 is 16.0 Å². The summed E-state index contributed by atoms with van der Waals surface area (Å²) in [4.78, 5) is 20.3. The van der Waals surface area contributed by atoms with Gasteiger partial charge in [0.25, 0.3) is 5.56 Å². The van der Waals surface area contributed by atoms with Gasteiger partial charge in [-0.05, 0) is 36.8 Å². The Kier molecular flexibility index (Phi) is 4.29. The third kappa shape index (κ3) is 3.27. The van der Waals surface area contributed by atoms with E-state index in [1.807, 2.05) is 31.2 Å². The maximum Gasteiger partial charge on any atom is 0.250 e. The molecule has 0 aromatic carbocycles. The summed E-state index contributed by atoms with van der Waals surface area (Å²) in [5, 5.41) is 0. The summed E-state index contributed by atoms with van der Waals surface area (Å²) in [6.07, 6.45) is 4.79. The lowest BCUT2D eigenvalue weighted by atomic mass is 10.1. The van der Waals surface area contributed by atoms with E-state index in [0.29, 0.717) is 11.6 Å². The molecular formula is C18H18N4O2. The van der Waals surface area contributed by atoms with Crippen molar-refractivity contribution in [2.45, 2.75) is 13.0 Å². The van der Waals surface area contributed by atoms with E-state index in [4.69, 9.17) is 10.5 Å². The molecule has 0 amide bonds. The van der Waals surface area contributed by atoms with Crippen molar-refractivity contribution in [3.05, 3.63) is 71.0 Å². The van der Waals surface area contributed by atoms with Gasteiger partial charge >= 0.3 is 0 Å². The second-order valence-corrected chi connectivity index (χ2v) is 5.49. The van der Waals surface area contributed by atoms with Crippen molar-refractivity contribution in [1.82, 2.24) is 14.5 Å². The van der Waals surface area contributed by atoms with Crippen molar-refractivity contribution < 1.29 is 4.74 Å². The summed E-state index contributed by atoms with van der Waals surface area (Å²) >= 11 is 0. The molecule has 0 radical (unpaired) electrons. The number of nitrogens with two attached hydrogens (primary N) is 1.